The van der Waals surface area contributed by atoms with E-state index in [4.69, 9.17) is 16.3 Å². The summed E-state index contributed by atoms with van der Waals surface area (Å²) in [7, 11) is 0. The molecule has 0 saturated carbocycles. The van der Waals surface area contributed by atoms with E-state index in [1.807, 2.05) is 55.5 Å². The number of rotatable bonds is 4. The molecule has 0 atom stereocenters. The summed E-state index contributed by atoms with van der Waals surface area (Å²) in [5.41, 5.74) is 2.94. The zero-order valence-corrected chi connectivity index (χ0v) is 13.7. The van der Waals surface area contributed by atoms with E-state index < -0.39 is 6.09 Å². The van der Waals surface area contributed by atoms with Crippen molar-refractivity contribution in [1.29, 1.82) is 0 Å². The normalized spacial score (nSPS) is 9.65. The van der Waals surface area contributed by atoms with Crippen LogP contribution in [0, 0.1) is 18.8 Å². The van der Waals surface area contributed by atoms with Crippen molar-refractivity contribution >= 4 is 17.7 Å². The maximum atomic E-state index is 11.5. The van der Waals surface area contributed by atoms with Crippen LogP contribution in [0.2, 0.25) is 5.02 Å². The van der Waals surface area contributed by atoms with Crippen LogP contribution in [0.15, 0.2) is 48.5 Å². The number of carbonyl (C=O) groups excluding carboxylic acids is 1. The SMILES string of the molecule is Cc1ccc(Cl)cc1C#CCCNC(=O)OCc1ccccc1. The number of carbonyl (C=O) groups is 1. The van der Waals surface area contributed by atoms with E-state index in [1.165, 1.54) is 0 Å². The molecule has 0 fully saturated rings. The molecule has 0 heterocycles. The Morgan fingerprint density at radius 1 is 1.22 bits per heavy atom. The smallest absolute Gasteiger partial charge is 0.407 e. The van der Waals surface area contributed by atoms with Crippen LogP contribution in [0.25, 0.3) is 0 Å². The Kier molecular flexibility index (Phi) is 6.53. The summed E-state index contributed by atoms with van der Waals surface area (Å²) in [5, 5.41) is 3.34. The lowest BCUT2D eigenvalue weighted by molar-refractivity contribution is 0.140. The van der Waals surface area contributed by atoms with Gasteiger partial charge in [-0.15, -0.1) is 0 Å². The van der Waals surface area contributed by atoms with Crippen molar-refractivity contribution in [2.45, 2.75) is 20.0 Å². The molecular weight excluding hydrogens is 310 g/mol. The van der Waals surface area contributed by atoms with Crippen LogP contribution >= 0.6 is 11.6 Å². The molecule has 0 saturated heterocycles. The molecule has 2 aromatic rings. The second-order valence-electron chi connectivity index (χ2n) is 5.00. The Hall–Kier alpha value is -2.44. The minimum absolute atomic E-state index is 0.264. The van der Waals surface area contributed by atoms with Gasteiger partial charge in [-0.3, -0.25) is 0 Å². The standard InChI is InChI=1S/C19H18ClNO2/c1-15-10-11-18(20)13-17(15)9-5-6-12-21-19(22)23-14-16-7-3-2-4-8-16/h2-4,7-8,10-11,13H,6,12,14H2,1H3,(H,21,22). The maximum Gasteiger partial charge on any atom is 0.407 e. The summed E-state index contributed by atoms with van der Waals surface area (Å²) in [6, 6.07) is 15.2. The molecule has 0 aliphatic rings. The molecule has 1 N–H and O–H groups in total. The highest BCUT2D eigenvalue weighted by Crippen LogP contribution is 2.14. The lowest BCUT2D eigenvalue weighted by atomic mass is 10.1. The molecule has 4 heteroatoms. The third-order valence-corrected chi connectivity index (χ3v) is 3.39. The van der Waals surface area contributed by atoms with Gasteiger partial charge in [-0.2, -0.15) is 0 Å². The van der Waals surface area contributed by atoms with Gasteiger partial charge < -0.3 is 10.1 Å². The van der Waals surface area contributed by atoms with E-state index in [2.05, 4.69) is 17.2 Å². The van der Waals surface area contributed by atoms with Crippen LogP contribution in [-0.2, 0) is 11.3 Å². The highest BCUT2D eigenvalue weighted by Gasteiger charge is 2.00. The van der Waals surface area contributed by atoms with Crippen molar-refractivity contribution < 1.29 is 9.53 Å². The van der Waals surface area contributed by atoms with E-state index in [0.29, 0.717) is 18.0 Å². The van der Waals surface area contributed by atoms with Gasteiger partial charge in [-0.1, -0.05) is 59.8 Å². The zero-order valence-electron chi connectivity index (χ0n) is 12.9. The molecule has 1 amide bonds. The summed E-state index contributed by atoms with van der Waals surface area (Å²) >= 11 is 5.94. The number of benzene rings is 2. The minimum atomic E-state index is -0.436. The number of hydrogen-bond donors (Lipinski definition) is 1. The molecule has 0 unspecified atom stereocenters. The average Bonchev–Trinajstić information content (AvgIpc) is 2.56. The fourth-order valence-electron chi connectivity index (χ4n) is 1.89. The highest BCUT2D eigenvalue weighted by molar-refractivity contribution is 6.30. The van der Waals surface area contributed by atoms with Crippen molar-refractivity contribution in [3.63, 3.8) is 0 Å². The third-order valence-electron chi connectivity index (χ3n) is 3.15. The van der Waals surface area contributed by atoms with E-state index >= 15 is 0 Å². The topological polar surface area (TPSA) is 38.3 Å². The van der Waals surface area contributed by atoms with Gasteiger partial charge in [0.1, 0.15) is 6.61 Å². The molecule has 0 spiro atoms. The Balaban J connectivity index is 1.70. The summed E-state index contributed by atoms with van der Waals surface area (Å²) in [5.74, 6) is 6.08. The molecule has 23 heavy (non-hydrogen) atoms. The minimum Gasteiger partial charge on any atom is -0.445 e. The highest BCUT2D eigenvalue weighted by atomic mass is 35.5. The second-order valence-corrected chi connectivity index (χ2v) is 5.44. The lowest BCUT2D eigenvalue weighted by Crippen LogP contribution is -2.24. The predicted molar refractivity (Wildman–Crippen MR) is 92.3 cm³/mol. The summed E-state index contributed by atoms with van der Waals surface area (Å²) < 4.78 is 5.11. The van der Waals surface area contributed by atoms with Crippen molar-refractivity contribution in [3.8, 4) is 11.8 Å². The summed E-state index contributed by atoms with van der Waals surface area (Å²) in [6.07, 6.45) is 0.112. The zero-order chi connectivity index (χ0) is 16.5. The number of hydrogen-bond acceptors (Lipinski definition) is 2. The molecule has 2 aromatic carbocycles. The van der Waals surface area contributed by atoms with Crippen LogP contribution in [0.5, 0.6) is 0 Å². The van der Waals surface area contributed by atoms with Gasteiger partial charge in [0.2, 0.25) is 0 Å². The van der Waals surface area contributed by atoms with Gasteiger partial charge in [0, 0.05) is 23.6 Å². The van der Waals surface area contributed by atoms with Gasteiger partial charge in [0.15, 0.2) is 0 Å². The quantitative estimate of drug-likeness (QED) is 0.671. The van der Waals surface area contributed by atoms with E-state index in [-0.39, 0.29) is 6.61 Å². The molecular formula is C19H18ClNO2. The van der Waals surface area contributed by atoms with E-state index in [9.17, 15) is 4.79 Å². The average molecular weight is 328 g/mol. The first kappa shape index (κ1) is 16.9. The molecule has 3 nitrogen and oxygen atoms in total. The number of amides is 1. The van der Waals surface area contributed by atoms with Gasteiger partial charge >= 0.3 is 6.09 Å². The van der Waals surface area contributed by atoms with Crippen molar-refractivity contribution in [2.24, 2.45) is 0 Å². The van der Waals surface area contributed by atoms with Gasteiger partial charge in [0.05, 0.1) is 0 Å². The predicted octanol–water partition coefficient (Wildman–Crippen LogP) is 4.32. The first-order chi connectivity index (χ1) is 11.1. The van der Waals surface area contributed by atoms with Crippen LogP contribution in [0.3, 0.4) is 0 Å². The number of aryl methyl sites for hydroxylation is 1. The Morgan fingerprint density at radius 2 is 2.00 bits per heavy atom. The number of halogens is 1. The number of ether oxygens (including phenoxy) is 1. The molecule has 2 rings (SSSR count). The van der Waals surface area contributed by atoms with Gasteiger partial charge in [-0.05, 0) is 30.2 Å². The molecule has 0 aromatic heterocycles. The van der Waals surface area contributed by atoms with Gasteiger partial charge in [0.25, 0.3) is 0 Å². The third kappa shape index (κ3) is 6.06. The Labute approximate surface area is 141 Å². The van der Waals surface area contributed by atoms with E-state index in [0.717, 1.165) is 16.7 Å². The Morgan fingerprint density at radius 3 is 2.78 bits per heavy atom. The van der Waals surface area contributed by atoms with Crippen LogP contribution in [0.4, 0.5) is 4.79 Å². The lowest BCUT2D eigenvalue weighted by Gasteiger charge is -2.05. The first-order valence-electron chi connectivity index (χ1n) is 7.35. The molecule has 0 aliphatic heterocycles. The van der Waals surface area contributed by atoms with Crippen LogP contribution in [0.1, 0.15) is 23.1 Å². The first-order valence-corrected chi connectivity index (χ1v) is 7.72. The monoisotopic (exact) mass is 327 g/mol. The number of nitrogens with one attached hydrogen (secondary N) is 1. The fraction of sp³-hybridized carbons (Fsp3) is 0.211. The second kappa shape index (κ2) is 8.87. The molecule has 118 valence electrons. The fourth-order valence-corrected chi connectivity index (χ4v) is 2.06. The number of alkyl carbamates (subject to hydrolysis) is 1. The van der Waals surface area contributed by atoms with Crippen molar-refractivity contribution in [1.82, 2.24) is 5.32 Å². The Bertz CT molecular complexity index is 717. The molecule has 0 aliphatic carbocycles. The molecule has 0 radical (unpaired) electrons. The van der Waals surface area contributed by atoms with Crippen LogP contribution in [-0.4, -0.2) is 12.6 Å². The molecule has 0 bridgehead atoms. The summed E-state index contributed by atoms with van der Waals surface area (Å²) in [4.78, 5) is 11.5. The van der Waals surface area contributed by atoms with Gasteiger partial charge in [-0.25, -0.2) is 4.79 Å². The van der Waals surface area contributed by atoms with Crippen molar-refractivity contribution in [3.05, 3.63) is 70.2 Å². The van der Waals surface area contributed by atoms with Crippen LogP contribution < -0.4 is 5.32 Å². The maximum absolute atomic E-state index is 11.5. The van der Waals surface area contributed by atoms with E-state index in [1.54, 1.807) is 0 Å². The largest absolute Gasteiger partial charge is 0.445 e. The summed E-state index contributed by atoms with van der Waals surface area (Å²) in [6.45, 7) is 2.69. The van der Waals surface area contributed by atoms with Crippen molar-refractivity contribution in [2.75, 3.05) is 6.54 Å².